The number of para-hydroxylation sites is 1. The second-order valence-electron chi connectivity index (χ2n) is 3.06. The van der Waals surface area contributed by atoms with E-state index in [4.69, 9.17) is 0 Å². The number of hydrogen-bond donors (Lipinski definition) is 0. The van der Waals surface area contributed by atoms with E-state index in [1.165, 1.54) is 4.90 Å². The Hall–Kier alpha value is -1.38. The first kappa shape index (κ1) is 8.23. The number of amides is 1. The molecule has 1 aromatic carbocycles. The fourth-order valence-electron chi connectivity index (χ4n) is 1.67. The highest BCUT2D eigenvalue weighted by molar-refractivity contribution is 5.96. The van der Waals surface area contributed by atoms with Gasteiger partial charge in [0, 0.05) is 12.2 Å². The van der Waals surface area contributed by atoms with Crippen LogP contribution in [0.1, 0.15) is 5.56 Å². The van der Waals surface area contributed by atoms with Crippen LogP contribution >= 0.6 is 0 Å². The highest BCUT2D eigenvalue weighted by Crippen LogP contribution is 2.27. The number of anilines is 1. The molecule has 13 heavy (non-hydrogen) atoms. The van der Waals surface area contributed by atoms with E-state index in [1.54, 1.807) is 0 Å². The third-order valence-electron chi connectivity index (χ3n) is 2.30. The fraction of sp³-hybridized carbons (Fsp3) is 0.300. The minimum absolute atomic E-state index is 0.440. The molecule has 0 aromatic heterocycles. The minimum atomic E-state index is -0.908. The highest BCUT2D eigenvalue weighted by Gasteiger charge is 2.23. The average molecular weight is 179 g/mol. The van der Waals surface area contributed by atoms with Crippen molar-refractivity contribution in [2.75, 3.05) is 18.1 Å². The number of alkyl halides is 1. The van der Waals surface area contributed by atoms with Crippen molar-refractivity contribution in [2.24, 2.45) is 0 Å². The third kappa shape index (κ3) is 1.30. The van der Waals surface area contributed by atoms with Crippen molar-refractivity contribution in [3.63, 3.8) is 0 Å². The van der Waals surface area contributed by atoms with Crippen molar-refractivity contribution < 1.29 is 9.18 Å². The van der Waals surface area contributed by atoms with Crippen LogP contribution in [-0.4, -0.2) is 19.1 Å². The molecular formula is C10H10FNO. The second-order valence-corrected chi connectivity index (χ2v) is 3.06. The van der Waals surface area contributed by atoms with Gasteiger partial charge in [-0.05, 0) is 18.1 Å². The summed E-state index contributed by atoms with van der Waals surface area (Å²) in [5.74, 6) is -0.440. The van der Waals surface area contributed by atoms with Gasteiger partial charge < -0.3 is 4.90 Å². The topological polar surface area (TPSA) is 20.3 Å². The van der Waals surface area contributed by atoms with Crippen LogP contribution in [0.4, 0.5) is 10.1 Å². The molecular weight excluding hydrogens is 169 g/mol. The molecule has 0 saturated heterocycles. The van der Waals surface area contributed by atoms with Gasteiger partial charge in [0.2, 0.25) is 0 Å². The molecule has 1 amide bonds. The van der Waals surface area contributed by atoms with E-state index < -0.39 is 12.6 Å². The number of hydrogen-bond acceptors (Lipinski definition) is 1. The maximum atomic E-state index is 12.1. The molecule has 1 heterocycles. The SMILES string of the molecule is O=C(CF)N1CCc2ccccc21. The third-order valence-corrected chi connectivity index (χ3v) is 2.30. The van der Waals surface area contributed by atoms with Gasteiger partial charge in [0.05, 0.1) is 0 Å². The van der Waals surface area contributed by atoms with Gasteiger partial charge in [-0.15, -0.1) is 0 Å². The maximum Gasteiger partial charge on any atom is 0.258 e. The zero-order valence-electron chi connectivity index (χ0n) is 7.16. The van der Waals surface area contributed by atoms with Crippen LogP contribution in [0.3, 0.4) is 0 Å². The average Bonchev–Trinajstić information content (AvgIpc) is 2.60. The van der Waals surface area contributed by atoms with Gasteiger partial charge >= 0.3 is 0 Å². The van der Waals surface area contributed by atoms with Crippen molar-refractivity contribution in [1.29, 1.82) is 0 Å². The van der Waals surface area contributed by atoms with Crippen LogP contribution < -0.4 is 4.90 Å². The molecule has 1 aliphatic heterocycles. The predicted molar refractivity (Wildman–Crippen MR) is 48.5 cm³/mol. The van der Waals surface area contributed by atoms with Gasteiger partial charge in [-0.25, -0.2) is 4.39 Å². The number of nitrogens with zero attached hydrogens (tertiary/aromatic N) is 1. The number of fused-ring (bicyclic) bond motifs is 1. The van der Waals surface area contributed by atoms with Crippen molar-refractivity contribution in [3.8, 4) is 0 Å². The Labute approximate surface area is 76.0 Å². The molecule has 1 aliphatic rings. The first-order valence-corrected chi connectivity index (χ1v) is 4.27. The van der Waals surface area contributed by atoms with E-state index in [0.717, 1.165) is 17.7 Å². The van der Waals surface area contributed by atoms with E-state index in [1.807, 2.05) is 24.3 Å². The minimum Gasteiger partial charge on any atom is -0.310 e. The number of carbonyl (C=O) groups is 1. The summed E-state index contributed by atoms with van der Waals surface area (Å²) in [6.45, 7) is -0.295. The first-order chi connectivity index (χ1) is 6.33. The summed E-state index contributed by atoms with van der Waals surface area (Å²) in [6.07, 6.45) is 0.835. The fourth-order valence-corrected chi connectivity index (χ4v) is 1.67. The van der Waals surface area contributed by atoms with E-state index in [0.29, 0.717) is 6.54 Å². The zero-order valence-corrected chi connectivity index (χ0v) is 7.16. The van der Waals surface area contributed by atoms with E-state index in [2.05, 4.69) is 0 Å². The van der Waals surface area contributed by atoms with Crippen molar-refractivity contribution in [3.05, 3.63) is 29.8 Å². The van der Waals surface area contributed by atoms with E-state index >= 15 is 0 Å². The Bertz CT molecular complexity index is 337. The smallest absolute Gasteiger partial charge is 0.258 e. The van der Waals surface area contributed by atoms with Crippen LogP contribution in [0.5, 0.6) is 0 Å². The normalized spacial score (nSPS) is 14.4. The Morgan fingerprint density at radius 2 is 2.23 bits per heavy atom. The molecule has 0 N–H and O–H groups in total. The summed E-state index contributed by atoms with van der Waals surface area (Å²) < 4.78 is 12.1. The van der Waals surface area contributed by atoms with Gasteiger partial charge in [-0.2, -0.15) is 0 Å². The summed E-state index contributed by atoms with van der Waals surface area (Å²) in [7, 11) is 0. The number of carbonyl (C=O) groups excluding carboxylic acids is 1. The van der Waals surface area contributed by atoms with Crippen LogP contribution in [0, 0.1) is 0 Å². The summed E-state index contributed by atoms with van der Waals surface area (Å²) in [5.41, 5.74) is 1.99. The van der Waals surface area contributed by atoms with Crippen LogP contribution in [0.15, 0.2) is 24.3 Å². The van der Waals surface area contributed by atoms with E-state index in [9.17, 15) is 9.18 Å². The molecule has 2 rings (SSSR count). The molecule has 0 bridgehead atoms. The summed E-state index contributed by atoms with van der Waals surface area (Å²) in [6, 6.07) is 7.63. The molecule has 2 nitrogen and oxygen atoms in total. The molecule has 0 unspecified atom stereocenters. The van der Waals surface area contributed by atoms with Crippen molar-refractivity contribution in [2.45, 2.75) is 6.42 Å². The molecule has 1 aromatic rings. The van der Waals surface area contributed by atoms with Crippen molar-refractivity contribution >= 4 is 11.6 Å². The lowest BCUT2D eigenvalue weighted by Crippen LogP contribution is -2.29. The second kappa shape index (κ2) is 3.17. The lowest BCUT2D eigenvalue weighted by Gasteiger charge is -2.14. The van der Waals surface area contributed by atoms with Crippen LogP contribution in [0.25, 0.3) is 0 Å². The monoisotopic (exact) mass is 179 g/mol. The van der Waals surface area contributed by atoms with E-state index in [-0.39, 0.29) is 0 Å². The molecule has 0 aliphatic carbocycles. The molecule has 3 heteroatoms. The molecule has 0 saturated carbocycles. The highest BCUT2D eigenvalue weighted by atomic mass is 19.1. The van der Waals surface area contributed by atoms with Crippen LogP contribution in [-0.2, 0) is 11.2 Å². The Morgan fingerprint density at radius 3 is 3.00 bits per heavy atom. The van der Waals surface area contributed by atoms with Gasteiger partial charge in [0.15, 0.2) is 6.67 Å². The van der Waals surface area contributed by atoms with Crippen LogP contribution in [0.2, 0.25) is 0 Å². The zero-order chi connectivity index (χ0) is 9.26. The van der Waals surface area contributed by atoms with Gasteiger partial charge in [0.25, 0.3) is 5.91 Å². The molecule has 0 atom stereocenters. The molecule has 0 fully saturated rings. The maximum absolute atomic E-state index is 12.1. The van der Waals surface area contributed by atoms with Crippen molar-refractivity contribution in [1.82, 2.24) is 0 Å². The molecule has 68 valence electrons. The predicted octanol–water partition coefficient (Wildman–Crippen LogP) is 1.55. The van der Waals surface area contributed by atoms with Gasteiger partial charge in [-0.3, -0.25) is 4.79 Å². The summed E-state index contributed by atoms with van der Waals surface area (Å²) >= 11 is 0. The van der Waals surface area contributed by atoms with Gasteiger partial charge in [-0.1, -0.05) is 18.2 Å². The molecule has 0 spiro atoms. The standard InChI is InChI=1S/C10H10FNO/c11-7-10(13)12-6-5-8-3-1-2-4-9(8)12/h1-4H,5-7H2. The Balaban J connectivity index is 2.33. The van der Waals surface area contributed by atoms with Gasteiger partial charge in [0.1, 0.15) is 0 Å². The number of benzene rings is 1. The molecule has 0 radical (unpaired) electrons. The number of halogens is 1. The first-order valence-electron chi connectivity index (χ1n) is 4.27. The number of rotatable bonds is 1. The largest absolute Gasteiger partial charge is 0.310 e. The summed E-state index contributed by atoms with van der Waals surface area (Å²) in [4.78, 5) is 12.6. The Morgan fingerprint density at radius 1 is 1.46 bits per heavy atom. The lowest BCUT2D eigenvalue weighted by molar-refractivity contribution is -0.119. The summed E-state index contributed by atoms with van der Waals surface area (Å²) in [5, 5.41) is 0. The quantitative estimate of drug-likeness (QED) is 0.640. The lowest BCUT2D eigenvalue weighted by atomic mass is 10.2. The Kier molecular flexibility index (Phi) is 2.00.